The quantitative estimate of drug-likeness (QED) is 0.446. The van der Waals surface area contributed by atoms with E-state index >= 15 is 0 Å². The second-order valence-electron chi connectivity index (χ2n) is 10.2. The molecule has 0 radical (unpaired) electrons. The van der Waals surface area contributed by atoms with E-state index in [0.29, 0.717) is 31.4 Å². The first-order valence-corrected chi connectivity index (χ1v) is 13.4. The maximum Gasteiger partial charge on any atom is 0.471 e. The summed E-state index contributed by atoms with van der Waals surface area (Å²) >= 11 is 0. The molecule has 0 saturated carbocycles. The van der Waals surface area contributed by atoms with Crippen molar-refractivity contribution in [1.82, 2.24) is 20.5 Å². The number of benzene rings is 1. The van der Waals surface area contributed by atoms with Crippen molar-refractivity contribution in [3.05, 3.63) is 59.4 Å². The molecule has 1 aromatic carbocycles. The summed E-state index contributed by atoms with van der Waals surface area (Å²) in [6, 6.07) is 8.32. The Labute approximate surface area is 239 Å². The van der Waals surface area contributed by atoms with Crippen LogP contribution in [-0.4, -0.2) is 77.8 Å². The molecule has 0 aliphatic carbocycles. The average Bonchev–Trinajstić information content (AvgIpc) is 3.36. The van der Waals surface area contributed by atoms with E-state index in [0.717, 1.165) is 5.56 Å². The lowest BCUT2D eigenvalue weighted by Crippen LogP contribution is -2.50. The third-order valence-electron chi connectivity index (χ3n) is 6.85. The lowest BCUT2D eigenvalue weighted by atomic mass is 10.0. The highest BCUT2D eigenvalue weighted by Gasteiger charge is 2.40. The smallest absolute Gasteiger partial charge is 0.471 e. The van der Waals surface area contributed by atoms with Crippen LogP contribution in [0.2, 0.25) is 0 Å². The van der Waals surface area contributed by atoms with Gasteiger partial charge in [-0.2, -0.15) is 13.2 Å². The van der Waals surface area contributed by atoms with E-state index in [4.69, 9.17) is 14.2 Å². The van der Waals surface area contributed by atoms with Crippen LogP contribution in [0.15, 0.2) is 42.6 Å². The van der Waals surface area contributed by atoms with E-state index in [9.17, 15) is 32.3 Å². The average molecular weight is 593 g/mol. The molecule has 2 fully saturated rings. The summed E-state index contributed by atoms with van der Waals surface area (Å²) in [5, 5.41) is 4.76. The number of carbonyl (C=O) groups is 4. The standard InChI is InChI=1S/C28H31F3N4O7/c1-16-5-7-18(8-6-16)23(17(2)33-26(38)28(29,30)31)41-20-9-10-21(32-14-20)24(36)34-19-4-3-12-35(15-19)27(39)42-22-11-13-40-25(22)37/h5-10,14,17,19,22-23H,3-4,11-13,15H2,1-2H3,(H,33,38)(H,34,36)/t17-,19-,22-,23-/m0/s1. The lowest BCUT2D eigenvalue weighted by Gasteiger charge is -2.32. The number of cyclic esters (lactones) is 1. The molecule has 0 bridgehead atoms. The van der Waals surface area contributed by atoms with Crippen molar-refractivity contribution in [3.63, 3.8) is 0 Å². The molecule has 226 valence electrons. The number of amides is 3. The minimum atomic E-state index is -5.05. The Hall–Kier alpha value is -4.36. The second kappa shape index (κ2) is 13.1. The van der Waals surface area contributed by atoms with Crippen LogP contribution in [0.1, 0.15) is 53.9 Å². The number of hydrogen-bond acceptors (Lipinski definition) is 8. The molecule has 1 aromatic heterocycles. The number of hydrogen-bond donors (Lipinski definition) is 2. The van der Waals surface area contributed by atoms with Crippen LogP contribution in [0.5, 0.6) is 5.75 Å². The molecule has 11 nitrogen and oxygen atoms in total. The number of ether oxygens (including phenoxy) is 3. The SMILES string of the molecule is Cc1ccc([C@@H](Oc2ccc(C(=O)N[C@H]3CCCN(C(=O)O[C@H]4CCOC4=O)C3)nc2)[C@H](C)NC(=O)C(F)(F)F)cc1. The second-order valence-corrected chi connectivity index (χ2v) is 10.2. The van der Waals surface area contributed by atoms with Gasteiger partial charge < -0.3 is 29.7 Å². The van der Waals surface area contributed by atoms with Gasteiger partial charge in [0, 0.05) is 25.6 Å². The summed E-state index contributed by atoms with van der Waals surface area (Å²) < 4.78 is 54.5. The molecule has 4 atom stereocenters. The number of halogens is 3. The fraction of sp³-hybridized carbons (Fsp3) is 0.464. The van der Waals surface area contributed by atoms with Gasteiger partial charge in [0.25, 0.3) is 5.91 Å². The topological polar surface area (TPSA) is 136 Å². The molecule has 0 spiro atoms. The van der Waals surface area contributed by atoms with Crippen molar-refractivity contribution in [1.29, 1.82) is 0 Å². The molecule has 2 N–H and O–H groups in total. The summed E-state index contributed by atoms with van der Waals surface area (Å²) in [5.41, 5.74) is 1.52. The van der Waals surface area contributed by atoms with Crippen LogP contribution in [0.4, 0.5) is 18.0 Å². The van der Waals surface area contributed by atoms with E-state index in [1.807, 2.05) is 12.2 Å². The summed E-state index contributed by atoms with van der Waals surface area (Å²) in [5.74, 6) is -2.99. The predicted octanol–water partition coefficient (Wildman–Crippen LogP) is 3.22. The highest BCUT2D eigenvalue weighted by atomic mass is 19.4. The third-order valence-corrected chi connectivity index (χ3v) is 6.85. The van der Waals surface area contributed by atoms with Crippen molar-refractivity contribution in [3.8, 4) is 5.75 Å². The monoisotopic (exact) mass is 592 g/mol. The highest BCUT2D eigenvalue weighted by molar-refractivity contribution is 5.92. The third kappa shape index (κ3) is 7.89. The summed E-state index contributed by atoms with van der Waals surface area (Å²) in [4.78, 5) is 54.0. The summed E-state index contributed by atoms with van der Waals surface area (Å²) in [6.45, 7) is 4.06. The van der Waals surface area contributed by atoms with Gasteiger partial charge in [-0.05, 0) is 44.4 Å². The van der Waals surface area contributed by atoms with Gasteiger partial charge in [0.05, 0.1) is 18.8 Å². The molecule has 3 heterocycles. The van der Waals surface area contributed by atoms with Gasteiger partial charge in [-0.15, -0.1) is 0 Å². The van der Waals surface area contributed by atoms with Crippen LogP contribution < -0.4 is 15.4 Å². The van der Waals surface area contributed by atoms with Gasteiger partial charge in [-0.25, -0.2) is 14.6 Å². The van der Waals surface area contributed by atoms with Gasteiger partial charge in [-0.1, -0.05) is 29.8 Å². The zero-order valence-corrected chi connectivity index (χ0v) is 23.0. The van der Waals surface area contributed by atoms with E-state index in [1.54, 1.807) is 24.3 Å². The Morgan fingerprint density at radius 2 is 1.86 bits per heavy atom. The number of likely N-dealkylation sites (tertiary alicyclic amines) is 1. The lowest BCUT2D eigenvalue weighted by molar-refractivity contribution is -0.174. The normalized spacial score (nSPS) is 20.2. The van der Waals surface area contributed by atoms with Crippen molar-refractivity contribution in [2.75, 3.05) is 19.7 Å². The molecule has 42 heavy (non-hydrogen) atoms. The van der Waals surface area contributed by atoms with E-state index in [1.165, 1.54) is 30.2 Å². The molecular weight excluding hydrogens is 561 g/mol. The number of pyridine rings is 1. The molecule has 2 saturated heterocycles. The summed E-state index contributed by atoms with van der Waals surface area (Å²) in [7, 11) is 0. The molecule has 2 aromatic rings. The van der Waals surface area contributed by atoms with Gasteiger partial charge in [0.15, 0.2) is 0 Å². The zero-order valence-electron chi connectivity index (χ0n) is 23.0. The number of rotatable bonds is 8. The van der Waals surface area contributed by atoms with E-state index in [2.05, 4.69) is 10.3 Å². The van der Waals surface area contributed by atoms with Gasteiger partial charge in [0.2, 0.25) is 6.10 Å². The summed E-state index contributed by atoms with van der Waals surface area (Å²) in [6.07, 6.45) is -4.83. The van der Waals surface area contributed by atoms with Crippen LogP contribution in [0, 0.1) is 6.92 Å². The maximum atomic E-state index is 12.9. The molecule has 14 heteroatoms. The van der Waals surface area contributed by atoms with Crippen LogP contribution in [0.25, 0.3) is 0 Å². The Balaban J connectivity index is 1.37. The molecule has 2 aliphatic rings. The first-order valence-electron chi connectivity index (χ1n) is 13.4. The minimum absolute atomic E-state index is 0.0565. The fourth-order valence-electron chi connectivity index (χ4n) is 4.61. The molecule has 3 amide bonds. The number of nitrogens with one attached hydrogen (secondary N) is 2. The Bertz CT molecular complexity index is 1290. The van der Waals surface area contributed by atoms with E-state index in [-0.39, 0.29) is 30.6 Å². The Morgan fingerprint density at radius 3 is 2.48 bits per heavy atom. The number of carbonyl (C=O) groups excluding carboxylic acids is 4. The molecular formula is C28H31F3N4O7. The van der Waals surface area contributed by atoms with E-state index < -0.39 is 48.3 Å². The number of alkyl halides is 3. The van der Waals surface area contributed by atoms with Crippen molar-refractivity contribution in [2.24, 2.45) is 0 Å². The number of aryl methyl sites for hydroxylation is 1. The van der Waals surface area contributed by atoms with Gasteiger partial charge in [-0.3, -0.25) is 9.59 Å². The maximum absolute atomic E-state index is 12.9. The van der Waals surface area contributed by atoms with Crippen LogP contribution in [0.3, 0.4) is 0 Å². The van der Waals surface area contributed by atoms with Crippen molar-refractivity contribution < 1.29 is 46.6 Å². The van der Waals surface area contributed by atoms with Crippen LogP contribution in [-0.2, 0) is 19.1 Å². The molecule has 0 unspecified atom stereocenters. The number of esters is 1. The largest absolute Gasteiger partial charge is 0.482 e. The number of aromatic nitrogens is 1. The highest BCUT2D eigenvalue weighted by Crippen LogP contribution is 2.26. The van der Waals surface area contributed by atoms with Crippen LogP contribution >= 0.6 is 0 Å². The number of piperidine rings is 1. The first kappa shape index (κ1) is 30.6. The minimum Gasteiger partial charge on any atom is -0.482 e. The molecule has 2 aliphatic heterocycles. The zero-order chi connectivity index (χ0) is 30.4. The first-order chi connectivity index (χ1) is 19.9. The van der Waals surface area contributed by atoms with Crippen molar-refractivity contribution >= 4 is 23.9 Å². The fourth-order valence-corrected chi connectivity index (χ4v) is 4.61. The molecule has 4 rings (SSSR count). The Kier molecular flexibility index (Phi) is 9.53. The van der Waals surface area contributed by atoms with Gasteiger partial charge in [0.1, 0.15) is 17.5 Å². The van der Waals surface area contributed by atoms with Gasteiger partial charge >= 0.3 is 24.1 Å². The predicted molar refractivity (Wildman–Crippen MR) is 140 cm³/mol. The van der Waals surface area contributed by atoms with Crippen molar-refractivity contribution in [2.45, 2.75) is 63.6 Å². The Morgan fingerprint density at radius 1 is 1.12 bits per heavy atom. The number of nitrogens with zero attached hydrogens (tertiary/aromatic N) is 2.